The minimum atomic E-state index is -0.0359. The normalized spacial score (nSPS) is 14.8. The van der Waals surface area contributed by atoms with Crippen LogP contribution in [0.3, 0.4) is 0 Å². The van der Waals surface area contributed by atoms with Gasteiger partial charge in [-0.15, -0.1) is 11.3 Å². The second-order valence-electron chi connectivity index (χ2n) is 7.12. The molecule has 0 radical (unpaired) electrons. The Morgan fingerprint density at radius 3 is 2.45 bits per heavy atom. The highest BCUT2D eigenvalue weighted by atomic mass is 32.1. The van der Waals surface area contributed by atoms with Gasteiger partial charge >= 0.3 is 0 Å². The smallest absolute Gasteiger partial charge is 0.230 e. The molecule has 2 aromatic heterocycles. The van der Waals surface area contributed by atoms with E-state index in [1.807, 2.05) is 42.6 Å². The zero-order valence-corrected chi connectivity index (χ0v) is 17.5. The molecule has 1 amide bonds. The van der Waals surface area contributed by atoms with E-state index in [2.05, 4.69) is 19.8 Å². The van der Waals surface area contributed by atoms with Gasteiger partial charge in [0.2, 0.25) is 11.9 Å². The van der Waals surface area contributed by atoms with Crippen LogP contribution in [0.4, 0.5) is 16.8 Å². The standard InChI is InChI=1S/C21H24N6OS/c1-16-4-6-19(7-5-16)27(17(2)28)21-24-18(15-29-21)14-25-10-12-26(13-11-25)20-22-8-3-9-23-20/h3-9,15H,10-14H2,1-2H3. The number of hydrogen-bond donors (Lipinski definition) is 0. The van der Waals surface area contributed by atoms with Crippen molar-refractivity contribution in [1.82, 2.24) is 19.9 Å². The predicted molar refractivity (Wildman–Crippen MR) is 116 cm³/mol. The molecule has 0 aliphatic carbocycles. The molecule has 7 nitrogen and oxygen atoms in total. The summed E-state index contributed by atoms with van der Waals surface area (Å²) in [7, 11) is 0. The van der Waals surface area contributed by atoms with E-state index >= 15 is 0 Å². The Balaban J connectivity index is 1.40. The summed E-state index contributed by atoms with van der Waals surface area (Å²) >= 11 is 1.51. The molecule has 0 saturated carbocycles. The highest BCUT2D eigenvalue weighted by molar-refractivity contribution is 7.14. The fourth-order valence-electron chi connectivity index (χ4n) is 3.38. The predicted octanol–water partition coefficient (Wildman–Crippen LogP) is 3.25. The number of carbonyl (C=O) groups is 1. The molecule has 1 saturated heterocycles. The van der Waals surface area contributed by atoms with Crippen molar-refractivity contribution in [2.75, 3.05) is 36.0 Å². The van der Waals surface area contributed by atoms with E-state index in [0.29, 0.717) is 5.13 Å². The highest BCUT2D eigenvalue weighted by Gasteiger charge is 2.21. The van der Waals surface area contributed by atoms with Crippen molar-refractivity contribution in [3.63, 3.8) is 0 Å². The van der Waals surface area contributed by atoms with Gasteiger partial charge < -0.3 is 4.90 Å². The molecule has 1 fully saturated rings. The Kier molecular flexibility index (Phi) is 5.82. The third-order valence-corrected chi connectivity index (χ3v) is 5.81. The maximum absolute atomic E-state index is 12.3. The van der Waals surface area contributed by atoms with Crippen molar-refractivity contribution in [3.05, 3.63) is 59.4 Å². The quantitative estimate of drug-likeness (QED) is 0.646. The van der Waals surface area contributed by atoms with E-state index in [4.69, 9.17) is 4.98 Å². The van der Waals surface area contributed by atoms with E-state index in [1.165, 1.54) is 11.3 Å². The van der Waals surface area contributed by atoms with Crippen molar-refractivity contribution in [2.24, 2.45) is 0 Å². The number of thiazole rings is 1. The third kappa shape index (κ3) is 4.60. The molecule has 0 unspecified atom stereocenters. The van der Waals surface area contributed by atoms with E-state index in [9.17, 15) is 4.79 Å². The molecule has 3 aromatic rings. The SMILES string of the molecule is CC(=O)N(c1ccc(C)cc1)c1nc(CN2CCN(c3ncccn3)CC2)cs1. The molecule has 1 aliphatic heterocycles. The van der Waals surface area contributed by atoms with Gasteiger partial charge in [0.1, 0.15) is 0 Å². The van der Waals surface area contributed by atoms with Crippen LogP contribution in [0.15, 0.2) is 48.1 Å². The number of benzene rings is 1. The van der Waals surface area contributed by atoms with Crippen molar-refractivity contribution >= 4 is 34.0 Å². The van der Waals surface area contributed by atoms with E-state index < -0.39 is 0 Å². The summed E-state index contributed by atoms with van der Waals surface area (Å²) in [5, 5.41) is 2.76. The molecule has 0 bridgehead atoms. The molecule has 150 valence electrons. The lowest BCUT2D eigenvalue weighted by molar-refractivity contribution is -0.115. The Bertz CT molecular complexity index is 951. The first-order valence-electron chi connectivity index (χ1n) is 9.66. The number of piperazine rings is 1. The van der Waals surface area contributed by atoms with E-state index in [0.717, 1.165) is 55.6 Å². The topological polar surface area (TPSA) is 65.5 Å². The van der Waals surface area contributed by atoms with Crippen molar-refractivity contribution in [3.8, 4) is 0 Å². The number of anilines is 3. The average molecular weight is 409 g/mol. The zero-order chi connectivity index (χ0) is 20.2. The molecule has 0 atom stereocenters. The minimum absolute atomic E-state index is 0.0359. The highest BCUT2D eigenvalue weighted by Crippen LogP contribution is 2.29. The number of aromatic nitrogens is 3. The number of aryl methyl sites for hydroxylation is 1. The van der Waals surface area contributed by atoms with E-state index in [1.54, 1.807) is 24.2 Å². The lowest BCUT2D eigenvalue weighted by Crippen LogP contribution is -2.46. The number of hydrogen-bond acceptors (Lipinski definition) is 7. The lowest BCUT2D eigenvalue weighted by atomic mass is 10.2. The molecule has 4 rings (SSSR count). The monoisotopic (exact) mass is 408 g/mol. The fourth-order valence-corrected chi connectivity index (χ4v) is 4.26. The molecule has 0 N–H and O–H groups in total. The number of nitrogens with zero attached hydrogens (tertiary/aromatic N) is 6. The molecule has 8 heteroatoms. The molecular weight excluding hydrogens is 384 g/mol. The number of carbonyl (C=O) groups excluding carboxylic acids is 1. The molecule has 1 aliphatic rings. The van der Waals surface area contributed by atoms with Crippen LogP contribution in [0.5, 0.6) is 0 Å². The molecule has 0 spiro atoms. The molecule has 29 heavy (non-hydrogen) atoms. The Hall–Kier alpha value is -2.84. The summed E-state index contributed by atoms with van der Waals surface area (Å²) in [5.41, 5.74) is 3.00. The third-order valence-electron chi connectivity index (χ3n) is 4.93. The van der Waals surface area contributed by atoms with Crippen LogP contribution in [0, 0.1) is 6.92 Å². The van der Waals surface area contributed by atoms with Crippen molar-refractivity contribution < 1.29 is 4.79 Å². The van der Waals surface area contributed by atoms with Gasteiger partial charge in [-0.3, -0.25) is 14.6 Å². The van der Waals surface area contributed by atoms with Gasteiger partial charge in [0.15, 0.2) is 5.13 Å². The fraction of sp³-hybridized carbons (Fsp3) is 0.333. The van der Waals surface area contributed by atoms with Crippen LogP contribution in [0.25, 0.3) is 0 Å². The summed E-state index contributed by atoms with van der Waals surface area (Å²) in [4.78, 5) is 31.9. The first kappa shape index (κ1) is 19.5. The van der Waals surface area contributed by atoms with Crippen LogP contribution in [0.2, 0.25) is 0 Å². The second-order valence-corrected chi connectivity index (χ2v) is 7.96. The first-order chi connectivity index (χ1) is 14.1. The number of amides is 1. The molecule has 3 heterocycles. The summed E-state index contributed by atoms with van der Waals surface area (Å²) in [5.74, 6) is 0.754. The second kappa shape index (κ2) is 8.67. The maximum Gasteiger partial charge on any atom is 0.230 e. The van der Waals surface area contributed by atoms with Crippen LogP contribution in [0.1, 0.15) is 18.2 Å². The lowest BCUT2D eigenvalue weighted by Gasteiger charge is -2.34. The largest absolute Gasteiger partial charge is 0.338 e. The van der Waals surface area contributed by atoms with Gasteiger partial charge in [0.25, 0.3) is 0 Å². The summed E-state index contributed by atoms with van der Waals surface area (Å²) < 4.78 is 0. The van der Waals surface area contributed by atoms with E-state index in [-0.39, 0.29) is 5.91 Å². The zero-order valence-electron chi connectivity index (χ0n) is 16.7. The summed E-state index contributed by atoms with van der Waals surface area (Å²) in [6.45, 7) is 8.03. The van der Waals surface area contributed by atoms with Gasteiger partial charge in [-0.2, -0.15) is 0 Å². The Morgan fingerprint density at radius 1 is 1.10 bits per heavy atom. The van der Waals surface area contributed by atoms with Crippen molar-refractivity contribution in [1.29, 1.82) is 0 Å². The minimum Gasteiger partial charge on any atom is -0.338 e. The van der Waals surface area contributed by atoms with Crippen LogP contribution >= 0.6 is 11.3 Å². The molecular formula is C21H24N6OS. The van der Waals surface area contributed by atoms with Crippen LogP contribution in [-0.4, -0.2) is 51.9 Å². The summed E-state index contributed by atoms with van der Waals surface area (Å²) in [6, 6.07) is 9.78. The first-order valence-corrected chi connectivity index (χ1v) is 10.5. The van der Waals surface area contributed by atoms with Gasteiger partial charge in [-0.25, -0.2) is 15.0 Å². The van der Waals surface area contributed by atoms with Gasteiger partial charge in [0, 0.05) is 57.4 Å². The average Bonchev–Trinajstić information content (AvgIpc) is 3.18. The van der Waals surface area contributed by atoms with Crippen LogP contribution in [-0.2, 0) is 11.3 Å². The van der Waals surface area contributed by atoms with Gasteiger partial charge in [-0.1, -0.05) is 17.7 Å². The van der Waals surface area contributed by atoms with Crippen molar-refractivity contribution in [2.45, 2.75) is 20.4 Å². The Morgan fingerprint density at radius 2 is 1.79 bits per heavy atom. The van der Waals surface area contributed by atoms with Gasteiger partial charge in [-0.05, 0) is 25.1 Å². The maximum atomic E-state index is 12.3. The van der Waals surface area contributed by atoms with Gasteiger partial charge in [0.05, 0.1) is 11.4 Å². The van der Waals surface area contributed by atoms with Crippen LogP contribution < -0.4 is 9.80 Å². The summed E-state index contributed by atoms with van der Waals surface area (Å²) in [6.07, 6.45) is 3.56. The molecule has 1 aromatic carbocycles. The Labute approximate surface area is 174 Å². The number of rotatable bonds is 5.